The average molecular weight is 371 g/mol. The Morgan fingerprint density at radius 3 is 2.70 bits per heavy atom. The van der Waals surface area contributed by atoms with Gasteiger partial charge in [-0.3, -0.25) is 4.79 Å². The van der Waals surface area contributed by atoms with Gasteiger partial charge < -0.3 is 4.74 Å². The minimum absolute atomic E-state index is 0.0124. The van der Waals surface area contributed by atoms with Gasteiger partial charge in [-0.1, -0.05) is 38.3 Å². The van der Waals surface area contributed by atoms with Gasteiger partial charge >= 0.3 is 5.97 Å². The second kappa shape index (κ2) is 6.36. The first-order valence-electron chi connectivity index (χ1n) is 11.8. The SMILES string of the molecule is COC(=O)C1CC=C2[C@H](C1)C[C@H]1[C@@H]3CCC4CCCC[C@]4(C)[C@H]3CC[C@]21C. The predicted molar refractivity (Wildman–Crippen MR) is 108 cm³/mol. The fraction of sp³-hybridized carbons (Fsp3) is 0.880. The van der Waals surface area contributed by atoms with Crippen molar-refractivity contribution < 1.29 is 9.53 Å². The molecule has 0 aromatic carbocycles. The van der Waals surface area contributed by atoms with E-state index in [1.807, 2.05) is 0 Å². The number of methoxy groups -OCH3 is 1. The van der Waals surface area contributed by atoms with E-state index in [2.05, 4.69) is 19.9 Å². The lowest BCUT2D eigenvalue weighted by molar-refractivity contribution is -0.146. The van der Waals surface area contributed by atoms with Crippen molar-refractivity contribution in [1.82, 2.24) is 0 Å². The fourth-order valence-corrected chi connectivity index (χ4v) is 9.00. The van der Waals surface area contributed by atoms with Crippen molar-refractivity contribution in [1.29, 1.82) is 0 Å². The summed E-state index contributed by atoms with van der Waals surface area (Å²) < 4.78 is 5.07. The van der Waals surface area contributed by atoms with E-state index in [9.17, 15) is 4.79 Å². The standard InChI is InChI=1S/C25H38O2/c1-24-12-5-4-6-18(24)8-9-19-21(24)11-13-25(2)20-10-7-16(23(26)27-3)14-17(20)15-22(19)25/h10,16-19,21-22H,4-9,11-15H2,1-3H3/t16?,17-,18?,19-,21+,22+,24+,25-/m1/s1. The maximum absolute atomic E-state index is 12.1. The minimum Gasteiger partial charge on any atom is -0.469 e. The highest BCUT2D eigenvalue weighted by Gasteiger charge is 2.60. The number of allylic oxidation sites excluding steroid dienone is 2. The molecule has 0 aromatic rings. The molecule has 150 valence electrons. The van der Waals surface area contributed by atoms with E-state index < -0.39 is 0 Å². The van der Waals surface area contributed by atoms with Crippen molar-refractivity contribution in [3.05, 3.63) is 11.6 Å². The van der Waals surface area contributed by atoms with Crippen LogP contribution >= 0.6 is 0 Å². The Kier molecular flexibility index (Phi) is 4.30. The second-order valence-corrected chi connectivity index (χ2v) is 11.1. The van der Waals surface area contributed by atoms with E-state index in [1.165, 1.54) is 57.8 Å². The molecule has 27 heavy (non-hydrogen) atoms. The van der Waals surface area contributed by atoms with E-state index in [0.29, 0.717) is 16.7 Å². The summed E-state index contributed by atoms with van der Waals surface area (Å²) >= 11 is 0. The number of carbonyl (C=O) groups is 1. The molecule has 0 bridgehead atoms. The smallest absolute Gasteiger partial charge is 0.308 e. The Morgan fingerprint density at radius 1 is 1.04 bits per heavy atom. The van der Waals surface area contributed by atoms with E-state index in [0.717, 1.165) is 36.5 Å². The van der Waals surface area contributed by atoms with Gasteiger partial charge in [0.15, 0.2) is 0 Å². The van der Waals surface area contributed by atoms with Crippen molar-refractivity contribution in [2.75, 3.05) is 7.11 Å². The maximum atomic E-state index is 12.1. The maximum Gasteiger partial charge on any atom is 0.308 e. The van der Waals surface area contributed by atoms with Gasteiger partial charge in [0.1, 0.15) is 0 Å². The summed E-state index contributed by atoms with van der Waals surface area (Å²) in [6, 6.07) is 0. The van der Waals surface area contributed by atoms with E-state index in [4.69, 9.17) is 4.74 Å². The molecule has 2 nitrogen and oxygen atoms in total. The van der Waals surface area contributed by atoms with Gasteiger partial charge in [-0.2, -0.15) is 0 Å². The molecular formula is C25H38O2. The first-order valence-corrected chi connectivity index (χ1v) is 11.8. The second-order valence-electron chi connectivity index (χ2n) is 11.1. The molecule has 2 unspecified atom stereocenters. The molecule has 5 rings (SSSR count). The van der Waals surface area contributed by atoms with Gasteiger partial charge in [-0.15, -0.1) is 0 Å². The van der Waals surface area contributed by atoms with Crippen LogP contribution in [-0.4, -0.2) is 13.1 Å². The Labute approximate surface area is 165 Å². The third kappa shape index (κ3) is 2.53. The molecule has 4 fully saturated rings. The van der Waals surface area contributed by atoms with Crippen molar-refractivity contribution in [3.63, 3.8) is 0 Å². The molecule has 2 heteroatoms. The van der Waals surface area contributed by atoms with Crippen LogP contribution < -0.4 is 0 Å². The highest BCUT2D eigenvalue weighted by molar-refractivity contribution is 5.73. The number of carbonyl (C=O) groups excluding carboxylic acids is 1. The average Bonchev–Trinajstić information content (AvgIpc) is 2.99. The van der Waals surface area contributed by atoms with Gasteiger partial charge in [0, 0.05) is 0 Å². The van der Waals surface area contributed by atoms with Crippen LogP contribution in [0.2, 0.25) is 0 Å². The highest BCUT2D eigenvalue weighted by Crippen LogP contribution is 2.69. The van der Waals surface area contributed by atoms with Crippen LogP contribution in [0, 0.1) is 46.3 Å². The molecule has 0 aliphatic heterocycles. The quantitative estimate of drug-likeness (QED) is 0.408. The minimum atomic E-state index is 0.0124. The van der Waals surface area contributed by atoms with Crippen molar-refractivity contribution in [2.24, 2.45) is 46.3 Å². The summed E-state index contributed by atoms with van der Waals surface area (Å²) in [5.74, 6) is 4.53. The van der Waals surface area contributed by atoms with E-state index >= 15 is 0 Å². The van der Waals surface area contributed by atoms with Crippen LogP contribution in [0.1, 0.15) is 84.5 Å². The molecule has 0 heterocycles. The Bertz CT molecular complexity index is 651. The van der Waals surface area contributed by atoms with Crippen LogP contribution in [-0.2, 0) is 9.53 Å². The molecule has 5 aliphatic carbocycles. The first-order chi connectivity index (χ1) is 13.0. The zero-order valence-electron chi connectivity index (χ0n) is 17.6. The normalized spacial score (nSPS) is 51.3. The zero-order valence-corrected chi connectivity index (χ0v) is 17.6. The lowest BCUT2D eigenvalue weighted by Gasteiger charge is -2.60. The molecule has 5 aliphatic rings. The van der Waals surface area contributed by atoms with Crippen molar-refractivity contribution in [2.45, 2.75) is 84.5 Å². The third-order valence-corrected chi connectivity index (χ3v) is 10.3. The van der Waals surface area contributed by atoms with Crippen molar-refractivity contribution >= 4 is 5.97 Å². The van der Waals surface area contributed by atoms with Gasteiger partial charge in [0.25, 0.3) is 0 Å². The topological polar surface area (TPSA) is 26.3 Å². The molecule has 0 aromatic heterocycles. The number of ether oxygens (including phenoxy) is 1. The van der Waals surface area contributed by atoms with Crippen LogP contribution in [0.4, 0.5) is 0 Å². The number of hydrogen-bond acceptors (Lipinski definition) is 2. The summed E-state index contributed by atoms with van der Waals surface area (Å²) in [5.41, 5.74) is 2.78. The van der Waals surface area contributed by atoms with Crippen LogP contribution in [0.15, 0.2) is 11.6 Å². The fourth-order valence-electron chi connectivity index (χ4n) is 9.00. The van der Waals surface area contributed by atoms with Gasteiger partial charge in [0.05, 0.1) is 13.0 Å². The Morgan fingerprint density at radius 2 is 1.89 bits per heavy atom. The Balaban J connectivity index is 1.42. The molecule has 0 radical (unpaired) electrons. The van der Waals surface area contributed by atoms with E-state index in [-0.39, 0.29) is 11.9 Å². The van der Waals surface area contributed by atoms with Gasteiger partial charge in [0.2, 0.25) is 0 Å². The number of hydrogen-bond donors (Lipinski definition) is 0. The largest absolute Gasteiger partial charge is 0.469 e. The molecule has 0 spiro atoms. The number of esters is 1. The lowest BCUT2D eigenvalue weighted by Crippen LogP contribution is -2.52. The van der Waals surface area contributed by atoms with Gasteiger partial charge in [-0.25, -0.2) is 0 Å². The highest BCUT2D eigenvalue weighted by atomic mass is 16.5. The van der Waals surface area contributed by atoms with Crippen LogP contribution in [0.5, 0.6) is 0 Å². The number of fused-ring (bicyclic) bond motifs is 7. The van der Waals surface area contributed by atoms with Crippen molar-refractivity contribution in [3.8, 4) is 0 Å². The first kappa shape index (κ1) is 18.3. The lowest BCUT2D eigenvalue weighted by atomic mass is 9.45. The van der Waals surface area contributed by atoms with Crippen LogP contribution in [0.25, 0.3) is 0 Å². The summed E-state index contributed by atoms with van der Waals surface area (Å²) in [6.45, 7) is 5.26. The molecular weight excluding hydrogens is 332 g/mol. The summed E-state index contributed by atoms with van der Waals surface area (Å²) in [5, 5.41) is 0. The number of rotatable bonds is 1. The Hall–Kier alpha value is -0.790. The van der Waals surface area contributed by atoms with Crippen LogP contribution in [0.3, 0.4) is 0 Å². The van der Waals surface area contributed by atoms with Gasteiger partial charge in [-0.05, 0) is 98.2 Å². The molecule has 0 N–H and O–H groups in total. The zero-order chi connectivity index (χ0) is 18.8. The van der Waals surface area contributed by atoms with E-state index in [1.54, 1.807) is 12.7 Å². The predicted octanol–water partition coefficient (Wildman–Crippen LogP) is 6.15. The molecule has 0 saturated heterocycles. The molecule has 0 amide bonds. The molecule has 8 atom stereocenters. The summed E-state index contributed by atoms with van der Waals surface area (Å²) in [4.78, 5) is 12.1. The molecule has 4 saturated carbocycles. The third-order valence-electron chi connectivity index (χ3n) is 10.3. The summed E-state index contributed by atoms with van der Waals surface area (Å²) in [7, 11) is 1.55. The summed E-state index contributed by atoms with van der Waals surface area (Å²) in [6.07, 6.45) is 17.5. The monoisotopic (exact) mass is 370 g/mol.